The lowest BCUT2D eigenvalue weighted by Gasteiger charge is -2.34. The molecule has 228 valence electrons. The van der Waals surface area contributed by atoms with Crippen molar-refractivity contribution in [3.8, 4) is 11.5 Å². The van der Waals surface area contributed by atoms with Gasteiger partial charge in [-0.2, -0.15) is 13.2 Å². The smallest absolute Gasteiger partial charge is 0.419 e. The van der Waals surface area contributed by atoms with Gasteiger partial charge in [0.05, 0.1) is 54.9 Å². The average molecular weight is 601 g/mol. The minimum Gasteiger partial charge on any atom is -0.496 e. The highest BCUT2D eigenvalue weighted by molar-refractivity contribution is 5.99. The zero-order valence-corrected chi connectivity index (χ0v) is 22.6. The van der Waals surface area contributed by atoms with Gasteiger partial charge in [0.2, 0.25) is 5.91 Å². The first-order valence-electron chi connectivity index (χ1n) is 13.1. The lowest BCUT2D eigenvalue weighted by Crippen LogP contribution is -2.44. The number of carbonyl (C=O) groups excluding carboxylic acids is 2. The van der Waals surface area contributed by atoms with Gasteiger partial charge in [-0.15, -0.1) is 0 Å². The molecule has 9 nitrogen and oxygen atoms in total. The number of ether oxygens (including phenoxy) is 3. The number of alkyl halides is 3. The number of benzene rings is 2. The van der Waals surface area contributed by atoms with Crippen LogP contribution in [0.5, 0.6) is 11.5 Å². The molecule has 2 aliphatic rings. The number of nitrogens with one attached hydrogen (secondary N) is 2. The molecule has 4 rings (SSSR count). The van der Waals surface area contributed by atoms with Crippen LogP contribution in [0.3, 0.4) is 0 Å². The van der Waals surface area contributed by atoms with Crippen molar-refractivity contribution in [3.63, 3.8) is 0 Å². The minimum atomic E-state index is -4.97. The van der Waals surface area contributed by atoms with Crippen molar-refractivity contribution in [1.29, 1.82) is 0 Å². The zero-order valence-electron chi connectivity index (χ0n) is 22.6. The molecule has 2 fully saturated rings. The van der Waals surface area contributed by atoms with Gasteiger partial charge in [-0.25, -0.2) is 8.78 Å². The fraction of sp³-hybridized carbons (Fsp3) is 0.464. The largest absolute Gasteiger partial charge is 0.496 e. The fourth-order valence-corrected chi connectivity index (χ4v) is 4.97. The summed E-state index contributed by atoms with van der Waals surface area (Å²) in [6.07, 6.45) is -4.05. The Labute approximate surface area is 237 Å². The molecule has 1 saturated heterocycles. The van der Waals surface area contributed by atoms with Crippen LogP contribution in [0.4, 0.5) is 27.6 Å². The summed E-state index contributed by atoms with van der Waals surface area (Å²) in [5.41, 5.74) is -2.84. The summed E-state index contributed by atoms with van der Waals surface area (Å²) < 4.78 is 83.9. The highest BCUT2D eigenvalue weighted by atomic mass is 19.4. The average Bonchev–Trinajstić information content (AvgIpc) is 3.39. The molecule has 42 heavy (non-hydrogen) atoms. The van der Waals surface area contributed by atoms with E-state index in [1.165, 1.54) is 7.11 Å². The van der Waals surface area contributed by atoms with Crippen LogP contribution in [-0.2, 0) is 20.5 Å². The van der Waals surface area contributed by atoms with Crippen molar-refractivity contribution in [2.75, 3.05) is 25.6 Å². The predicted molar refractivity (Wildman–Crippen MR) is 137 cm³/mol. The SMILES string of the molecule is COc1cc(F)c(OC2CCC(C)(C(=O)O)CC2)cc1C(=O)N[C@H]1COC[C@@H]1C(=O)Nc1ccc(F)c(C(F)(F)F)c1. The predicted octanol–water partition coefficient (Wildman–Crippen LogP) is 4.79. The maximum absolute atomic E-state index is 14.8. The standard InChI is InChI=1S/C28H29F5N2O7/c1-27(26(38)39)7-5-15(6-8-27)42-23-10-16(22(40-2)11-20(23)30)24(36)35-21-13-41-12-17(21)25(37)34-14-3-4-19(29)18(9-14)28(31,32)33/h3-4,9-11,15,17,21H,5-8,12-13H2,1-2H3,(H,34,37)(H,35,36)(H,38,39)/t15?,17-,21-,27?/m0/s1. The molecule has 0 bridgehead atoms. The molecule has 2 aromatic carbocycles. The molecule has 0 aromatic heterocycles. The van der Waals surface area contributed by atoms with E-state index in [1.54, 1.807) is 6.92 Å². The Kier molecular flexibility index (Phi) is 8.95. The number of rotatable bonds is 8. The minimum absolute atomic E-state index is 0.0989. The van der Waals surface area contributed by atoms with Gasteiger partial charge in [-0.05, 0) is 56.9 Å². The lowest BCUT2D eigenvalue weighted by molar-refractivity contribution is -0.150. The summed E-state index contributed by atoms with van der Waals surface area (Å²) in [5.74, 6) is -6.10. The summed E-state index contributed by atoms with van der Waals surface area (Å²) in [4.78, 5) is 37.6. The number of aliphatic carboxylic acids is 1. The Morgan fingerprint density at radius 1 is 1.02 bits per heavy atom. The number of carboxylic acid groups (broad SMARTS) is 1. The third-order valence-corrected chi connectivity index (χ3v) is 7.62. The topological polar surface area (TPSA) is 123 Å². The second kappa shape index (κ2) is 12.1. The van der Waals surface area contributed by atoms with Crippen LogP contribution in [-0.4, -0.2) is 55.4 Å². The molecule has 0 spiro atoms. The first kappa shape index (κ1) is 31.0. The third-order valence-electron chi connectivity index (χ3n) is 7.62. The van der Waals surface area contributed by atoms with Gasteiger partial charge in [-0.3, -0.25) is 14.4 Å². The second-order valence-corrected chi connectivity index (χ2v) is 10.6. The zero-order chi connectivity index (χ0) is 30.8. The molecule has 1 heterocycles. The molecule has 0 unspecified atom stereocenters. The van der Waals surface area contributed by atoms with Crippen LogP contribution in [0, 0.1) is 23.0 Å². The molecule has 1 aliphatic heterocycles. The molecule has 0 radical (unpaired) electrons. The Morgan fingerprint density at radius 2 is 1.71 bits per heavy atom. The summed E-state index contributed by atoms with van der Waals surface area (Å²) in [6.45, 7) is 1.38. The fourth-order valence-electron chi connectivity index (χ4n) is 4.97. The molecule has 2 atom stereocenters. The third kappa shape index (κ3) is 6.75. The highest BCUT2D eigenvalue weighted by Crippen LogP contribution is 2.39. The van der Waals surface area contributed by atoms with Crippen LogP contribution in [0.2, 0.25) is 0 Å². The van der Waals surface area contributed by atoms with E-state index in [9.17, 15) is 41.4 Å². The maximum Gasteiger partial charge on any atom is 0.419 e. The van der Waals surface area contributed by atoms with Gasteiger partial charge >= 0.3 is 12.1 Å². The van der Waals surface area contributed by atoms with Gasteiger partial charge in [0.1, 0.15) is 11.6 Å². The van der Waals surface area contributed by atoms with Gasteiger partial charge in [0.25, 0.3) is 5.91 Å². The molecule has 2 amide bonds. The van der Waals surface area contributed by atoms with Crippen LogP contribution < -0.4 is 20.1 Å². The van der Waals surface area contributed by atoms with E-state index >= 15 is 0 Å². The van der Waals surface area contributed by atoms with Crippen molar-refractivity contribution in [2.45, 2.75) is 50.9 Å². The van der Waals surface area contributed by atoms with E-state index in [4.69, 9.17) is 14.2 Å². The van der Waals surface area contributed by atoms with Crippen molar-refractivity contribution < 1.29 is 55.7 Å². The second-order valence-electron chi connectivity index (χ2n) is 10.6. The van der Waals surface area contributed by atoms with Gasteiger partial charge in [-0.1, -0.05) is 0 Å². The molecule has 2 aromatic rings. The number of methoxy groups -OCH3 is 1. The summed E-state index contributed by atoms with van der Waals surface area (Å²) in [5, 5.41) is 14.3. The van der Waals surface area contributed by atoms with Crippen LogP contribution in [0.25, 0.3) is 0 Å². The summed E-state index contributed by atoms with van der Waals surface area (Å²) in [7, 11) is 1.23. The summed E-state index contributed by atoms with van der Waals surface area (Å²) in [6, 6.07) is 3.24. The Bertz CT molecular complexity index is 1360. The Morgan fingerprint density at radius 3 is 2.33 bits per heavy atom. The van der Waals surface area contributed by atoms with E-state index in [1.807, 2.05) is 0 Å². The van der Waals surface area contributed by atoms with Crippen LogP contribution in [0.15, 0.2) is 30.3 Å². The van der Waals surface area contributed by atoms with Crippen molar-refractivity contribution >= 4 is 23.5 Å². The van der Waals surface area contributed by atoms with Crippen molar-refractivity contribution in [1.82, 2.24) is 5.32 Å². The molecule has 14 heteroatoms. The first-order valence-corrected chi connectivity index (χ1v) is 13.1. The van der Waals surface area contributed by atoms with E-state index in [0.717, 1.165) is 18.2 Å². The molecule has 3 N–H and O–H groups in total. The van der Waals surface area contributed by atoms with E-state index in [-0.39, 0.29) is 36.0 Å². The van der Waals surface area contributed by atoms with Gasteiger partial charge in [0.15, 0.2) is 11.6 Å². The monoisotopic (exact) mass is 600 g/mol. The van der Waals surface area contributed by atoms with Gasteiger partial charge in [0, 0.05) is 11.8 Å². The normalized spacial score (nSPS) is 24.1. The Hall–Kier alpha value is -3.94. The molecule has 1 saturated carbocycles. The molecule has 1 aliphatic carbocycles. The van der Waals surface area contributed by atoms with Crippen molar-refractivity contribution in [2.24, 2.45) is 11.3 Å². The number of hydrogen-bond donors (Lipinski definition) is 3. The first-order chi connectivity index (χ1) is 19.7. The van der Waals surface area contributed by atoms with E-state index < -0.39 is 64.6 Å². The maximum atomic E-state index is 14.8. The van der Waals surface area contributed by atoms with Crippen LogP contribution in [0.1, 0.15) is 48.5 Å². The van der Waals surface area contributed by atoms with Crippen LogP contribution >= 0.6 is 0 Å². The number of carboxylic acids is 1. The summed E-state index contributed by atoms with van der Waals surface area (Å²) >= 11 is 0. The van der Waals surface area contributed by atoms with Gasteiger partial charge < -0.3 is 30.0 Å². The molecular weight excluding hydrogens is 571 g/mol. The number of amides is 2. The van der Waals surface area contributed by atoms with E-state index in [2.05, 4.69) is 10.6 Å². The Balaban J connectivity index is 1.46. The number of hydrogen-bond acceptors (Lipinski definition) is 6. The highest BCUT2D eigenvalue weighted by Gasteiger charge is 2.39. The number of carbonyl (C=O) groups is 3. The lowest BCUT2D eigenvalue weighted by atomic mass is 9.75. The quantitative estimate of drug-likeness (QED) is 0.373. The molecular formula is C28H29F5N2O7. The number of anilines is 1. The van der Waals surface area contributed by atoms with Crippen molar-refractivity contribution in [3.05, 3.63) is 53.1 Å². The number of halogens is 5. The van der Waals surface area contributed by atoms with E-state index in [0.29, 0.717) is 37.8 Å².